The maximum atomic E-state index is 10.3. The molecule has 5 heteroatoms. The molecule has 3 aliphatic rings. The van der Waals surface area contributed by atoms with Crippen molar-refractivity contribution >= 4 is 17.7 Å². The maximum Gasteiger partial charge on any atom is 0.193 e. The summed E-state index contributed by atoms with van der Waals surface area (Å²) in [7, 11) is 1.86. The summed E-state index contributed by atoms with van der Waals surface area (Å²) < 4.78 is 0.460. The molecule has 0 amide bonds. The molecule has 0 aromatic rings. The number of aliphatic hydroxyl groups is 1. The number of thioether (sulfide) groups is 1. The molecule has 1 aliphatic heterocycles. The number of nitrogens with zero attached hydrogens (tertiary/aromatic N) is 2. The van der Waals surface area contributed by atoms with Gasteiger partial charge in [-0.25, -0.2) is 0 Å². The molecule has 1 heterocycles. The zero-order valence-electron chi connectivity index (χ0n) is 13.2. The predicted molar refractivity (Wildman–Crippen MR) is 90.0 cm³/mol. The average molecular weight is 311 g/mol. The Morgan fingerprint density at radius 2 is 1.95 bits per heavy atom. The molecule has 1 saturated heterocycles. The lowest BCUT2D eigenvalue weighted by Crippen LogP contribution is -2.56. The van der Waals surface area contributed by atoms with Gasteiger partial charge in [0.2, 0.25) is 0 Å². The molecule has 3 rings (SSSR count). The van der Waals surface area contributed by atoms with E-state index in [-0.39, 0.29) is 0 Å². The van der Waals surface area contributed by atoms with Crippen LogP contribution in [0.1, 0.15) is 51.4 Å². The Kier molecular flexibility index (Phi) is 4.69. The van der Waals surface area contributed by atoms with Crippen LogP contribution in [0, 0.1) is 0 Å². The van der Waals surface area contributed by atoms with Crippen molar-refractivity contribution < 1.29 is 5.11 Å². The van der Waals surface area contributed by atoms with E-state index < -0.39 is 5.60 Å². The highest BCUT2D eigenvalue weighted by Crippen LogP contribution is 2.42. The third kappa shape index (κ3) is 3.50. The van der Waals surface area contributed by atoms with Gasteiger partial charge in [-0.1, -0.05) is 19.3 Å². The van der Waals surface area contributed by atoms with Gasteiger partial charge < -0.3 is 15.3 Å². The van der Waals surface area contributed by atoms with E-state index in [1.165, 1.54) is 37.9 Å². The van der Waals surface area contributed by atoms with Crippen LogP contribution in [0.3, 0.4) is 0 Å². The zero-order chi connectivity index (χ0) is 14.8. The number of guanidine groups is 1. The summed E-state index contributed by atoms with van der Waals surface area (Å²) in [4.78, 5) is 6.88. The van der Waals surface area contributed by atoms with Crippen LogP contribution in [0.25, 0.3) is 0 Å². The number of hydrogen-bond donors (Lipinski definition) is 2. The van der Waals surface area contributed by atoms with Crippen LogP contribution in [0.5, 0.6) is 0 Å². The van der Waals surface area contributed by atoms with Gasteiger partial charge in [-0.05, 0) is 32.1 Å². The molecule has 0 bridgehead atoms. The Morgan fingerprint density at radius 1 is 1.19 bits per heavy atom. The van der Waals surface area contributed by atoms with Gasteiger partial charge in [-0.2, -0.15) is 11.8 Å². The van der Waals surface area contributed by atoms with Crippen molar-refractivity contribution in [2.45, 2.75) is 61.7 Å². The quantitative estimate of drug-likeness (QED) is 0.606. The van der Waals surface area contributed by atoms with E-state index in [2.05, 4.69) is 27.0 Å². The number of hydrogen-bond acceptors (Lipinski definition) is 3. The van der Waals surface area contributed by atoms with Gasteiger partial charge in [0.15, 0.2) is 5.96 Å². The summed E-state index contributed by atoms with van der Waals surface area (Å²) in [5.41, 5.74) is -0.483. The third-order valence-electron chi connectivity index (χ3n) is 5.38. The molecular weight excluding hydrogens is 282 g/mol. The lowest BCUT2D eigenvalue weighted by atomic mass is 9.80. The van der Waals surface area contributed by atoms with E-state index in [9.17, 15) is 5.11 Å². The summed E-state index contributed by atoms with van der Waals surface area (Å²) in [5, 5.41) is 13.7. The summed E-state index contributed by atoms with van der Waals surface area (Å²) in [6.45, 7) is 2.84. The highest BCUT2D eigenvalue weighted by atomic mass is 32.2. The van der Waals surface area contributed by atoms with E-state index >= 15 is 0 Å². The van der Waals surface area contributed by atoms with Crippen molar-refractivity contribution in [3.63, 3.8) is 0 Å². The van der Waals surface area contributed by atoms with Crippen LogP contribution < -0.4 is 5.32 Å². The first-order valence-electron chi connectivity index (χ1n) is 8.47. The Bertz CT molecular complexity index is 383. The van der Waals surface area contributed by atoms with Crippen LogP contribution in [-0.4, -0.2) is 58.7 Å². The lowest BCUT2D eigenvalue weighted by Gasteiger charge is -2.46. The molecule has 2 aliphatic carbocycles. The smallest absolute Gasteiger partial charge is 0.193 e. The topological polar surface area (TPSA) is 47.9 Å². The molecule has 0 aromatic carbocycles. The molecule has 4 nitrogen and oxygen atoms in total. The summed E-state index contributed by atoms with van der Waals surface area (Å²) in [5.74, 6) is 2.19. The van der Waals surface area contributed by atoms with Crippen molar-refractivity contribution in [3.05, 3.63) is 0 Å². The first-order valence-corrected chi connectivity index (χ1v) is 9.45. The van der Waals surface area contributed by atoms with Gasteiger partial charge in [0.1, 0.15) is 0 Å². The van der Waals surface area contributed by atoms with Crippen molar-refractivity contribution in [1.82, 2.24) is 10.2 Å². The number of nitrogens with one attached hydrogen (secondary N) is 1. The van der Waals surface area contributed by atoms with Crippen LogP contribution in [0.2, 0.25) is 0 Å². The lowest BCUT2D eigenvalue weighted by molar-refractivity contribution is -0.0283. The molecule has 120 valence electrons. The largest absolute Gasteiger partial charge is 0.388 e. The molecule has 0 unspecified atom stereocenters. The van der Waals surface area contributed by atoms with E-state index in [1.54, 1.807) is 0 Å². The highest BCUT2D eigenvalue weighted by molar-refractivity contribution is 8.00. The molecule has 2 saturated carbocycles. The second-order valence-electron chi connectivity index (χ2n) is 6.99. The minimum atomic E-state index is -0.483. The van der Waals surface area contributed by atoms with Crippen molar-refractivity contribution in [3.8, 4) is 0 Å². The molecule has 0 aromatic heterocycles. The first-order chi connectivity index (χ1) is 10.1. The zero-order valence-corrected chi connectivity index (χ0v) is 14.1. The van der Waals surface area contributed by atoms with Crippen LogP contribution in [0.4, 0.5) is 0 Å². The van der Waals surface area contributed by atoms with Crippen LogP contribution >= 0.6 is 11.8 Å². The van der Waals surface area contributed by atoms with E-state index in [0.717, 1.165) is 38.3 Å². The number of aliphatic imine (C=N–C) groups is 1. The van der Waals surface area contributed by atoms with Gasteiger partial charge >= 0.3 is 0 Å². The maximum absolute atomic E-state index is 10.3. The monoisotopic (exact) mass is 311 g/mol. The fourth-order valence-corrected chi connectivity index (χ4v) is 5.43. The van der Waals surface area contributed by atoms with Gasteiger partial charge in [-0.3, -0.25) is 4.99 Å². The second-order valence-corrected chi connectivity index (χ2v) is 8.56. The number of rotatable bonds is 2. The van der Waals surface area contributed by atoms with E-state index in [4.69, 9.17) is 0 Å². The van der Waals surface area contributed by atoms with Crippen molar-refractivity contribution in [2.24, 2.45) is 4.99 Å². The first kappa shape index (κ1) is 15.5. The van der Waals surface area contributed by atoms with Gasteiger partial charge in [0, 0.05) is 37.2 Å². The normalized spacial score (nSPS) is 28.3. The Hall–Kier alpha value is -0.420. The van der Waals surface area contributed by atoms with E-state index in [0.29, 0.717) is 11.3 Å². The van der Waals surface area contributed by atoms with Crippen LogP contribution in [0.15, 0.2) is 4.99 Å². The second kappa shape index (κ2) is 6.37. The van der Waals surface area contributed by atoms with Gasteiger partial charge in [0.05, 0.1) is 5.60 Å². The molecule has 0 radical (unpaired) electrons. The average Bonchev–Trinajstić information content (AvgIpc) is 2.47. The summed E-state index contributed by atoms with van der Waals surface area (Å²) in [6.07, 6.45) is 9.89. The van der Waals surface area contributed by atoms with Gasteiger partial charge in [-0.15, -0.1) is 0 Å². The molecule has 1 spiro atoms. The highest BCUT2D eigenvalue weighted by Gasteiger charge is 2.39. The Balaban J connectivity index is 1.58. The summed E-state index contributed by atoms with van der Waals surface area (Å²) >= 11 is 2.18. The minimum Gasteiger partial charge on any atom is -0.388 e. The van der Waals surface area contributed by atoms with E-state index in [1.807, 2.05) is 7.05 Å². The fourth-order valence-electron chi connectivity index (χ4n) is 3.86. The molecular formula is C16H29N3OS. The molecule has 2 N–H and O–H groups in total. The minimum absolute atomic E-state index is 0.460. The standard InChI is InChI=1S/C16H29N3OS/c1-17-14(18-12-15(20)6-5-7-15)19-10-11-21-16(13-19)8-3-2-4-9-16/h20H,2-13H2,1H3,(H,17,18). The third-order valence-corrected chi connectivity index (χ3v) is 6.92. The molecule has 21 heavy (non-hydrogen) atoms. The Labute approximate surface area is 132 Å². The summed E-state index contributed by atoms with van der Waals surface area (Å²) in [6, 6.07) is 0. The predicted octanol–water partition coefficient (Wildman–Crippen LogP) is 2.23. The Morgan fingerprint density at radius 3 is 2.57 bits per heavy atom. The van der Waals surface area contributed by atoms with Crippen molar-refractivity contribution in [1.29, 1.82) is 0 Å². The van der Waals surface area contributed by atoms with Gasteiger partial charge in [0.25, 0.3) is 0 Å². The van der Waals surface area contributed by atoms with Crippen LogP contribution in [-0.2, 0) is 0 Å². The molecule has 0 atom stereocenters. The van der Waals surface area contributed by atoms with Crippen molar-refractivity contribution in [2.75, 3.05) is 32.4 Å². The SMILES string of the molecule is CN=C(NCC1(O)CCC1)N1CCSC2(CCCCC2)C1. The fraction of sp³-hybridized carbons (Fsp3) is 0.938. The molecule has 3 fully saturated rings.